The molecule has 1 nitrogen and oxygen atoms in total. The van der Waals surface area contributed by atoms with Gasteiger partial charge < -0.3 is 5.73 Å². The first kappa shape index (κ1) is 7.53. The van der Waals surface area contributed by atoms with Crippen molar-refractivity contribution in [2.24, 2.45) is 16.6 Å². The molecule has 2 aliphatic carbocycles. The first-order valence-electron chi connectivity index (χ1n) is 4.50. The Hall–Kier alpha value is -0.110. The second-order valence-electron chi connectivity index (χ2n) is 4.54. The van der Waals surface area contributed by atoms with E-state index in [2.05, 4.69) is 0 Å². The Morgan fingerprint density at radius 3 is 2.18 bits per heavy atom. The van der Waals surface area contributed by atoms with Crippen molar-refractivity contribution in [3.63, 3.8) is 0 Å². The molecule has 2 rings (SSSR count). The molecule has 0 aromatic heterocycles. The summed E-state index contributed by atoms with van der Waals surface area (Å²) in [5.41, 5.74) is 6.00. The van der Waals surface area contributed by atoms with E-state index in [1.807, 2.05) is 0 Å². The van der Waals surface area contributed by atoms with Crippen LogP contribution in [-0.2, 0) is 0 Å². The molecule has 11 heavy (non-hydrogen) atoms. The molecule has 2 heteroatoms. The molecule has 2 N–H and O–H groups in total. The zero-order valence-corrected chi connectivity index (χ0v) is 6.91. The zero-order valence-electron chi connectivity index (χ0n) is 6.91. The van der Waals surface area contributed by atoms with Crippen molar-refractivity contribution < 1.29 is 4.39 Å². The van der Waals surface area contributed by atoms with Crippen LogP contribution >= 0.6 is 0 Å². The second kappa shape index (κ2) is 2.19. The molecule has 0 radical (unpaired) electrons. The highest BCUT2D eigenvalue weighted by molar-refractivity contribution is 5.07. The van der Waals surface area contributed by atoms with Crippen LogP contribution in [0.4, 0.5) is 4.39 Å². The van der Waals surface area contributed by atoms with Gasteiger partial charge in [-0.25, -0.2) is 0 Å². The molecule has 0 amide bonds. The highest BCUT2D eigenvalue weighted by Gasteiger charge is 2.56. The molecule has 0 atom stereocenters. The van der Waals surface area contributed by atoms with Gasteiger partial charge in [0, 0.05) is 12.0 Å². The Labute approximate surface area is 67.2 Å². The number of halogens is 1. The summed E-state index contributed by atoms with van der Waals surface area (Å²) in [6, 6.07) is 0. The van der Waals surface area contributed by atoms with Crippen LogP contribution in [0.1, 0.15) is 32.1 Å². The molecule has 0 aliphatic heterocycles. The third-order valence-corrected chi connectivity index (χ3v) is 3.63. The molecule has 2 aliphatic rings. The zero-order chi connectivity index (χ0) is 7.95. The van der Waals surface area contributed by atoms with Gasteiger partial charge in [-0.1, -0.05) is 6.42 Å². The Bertz CT molecular complexity index is 149. The maximum atomic E-state index is 12.5. The van der Waals surface area contributed by atoms with Crippen LogP contribution < -0.4 is 5.73 Å². The van der Waals surface area contributed by atoms with Crippen LogP contribution in [0.3, 0.4) is 0 Å². The van der Waals surface area contributed by atoms with Crippen LogP contribution in [0.15, 0.2) is 0 Å². The Kier molecular flexibility index (Phi) is 1.50. The van der Waals surface area contributed by atoms with E-state index in [0.29, 0.717) is 12.0 Å². The second-order valence-corrected chi connectivity index (χ2v) is 4.54. The molecular formula is C9H16FN. The minimum atomic E-state index is -0.203. The van der Waals surface area contributed by atoms with Crippen LogP contribution in [0.25, 0.3) is 0 Å². The number of hydrogen-bond acceptors (Lipinski definition) is 1. The van der Waals surface area contributed by atoms with Crippen LogP contribution in [0.5, 0.6) is 0 Å². The van der Waals surface area contributed by atoms with Gasteiger partial charge in [-0.05, 0) is 31.1 Å². The number of hydrogen-bond donors (Lipinski definition) is 1. The van der Waals surface area contributed by atoms with Crippen molar-refractivity contribution in [1.82, 2.24) is 0 Å². The number of rotatable bonds is 2. The van der Waals surface area contributed by atoms with Gasteiger partial charge in [0.1, 0.15) is 0 Å². The molecular weight excluding hydrogens is 141 g/mol. The average molecular weight is 157 g/mol. The van der Waals surface area contributed by atoms with Crippen molar-refractivity contribution in [2.45, 2.75) is 32.1 Å². The molecule has 0 aromatic rings. The molecule has 0 bridgehead atoms. The first-order chi connectivity index (χ1) is 5.24. The van der Waals surface area contributed by atoms with Gasteiger partial charge in [-0.3, -0.25) is 4.39 Å². The molecule has 0 saturated heterocycles. The van der Waals surface area contributed by atoms with Gasteiger partial charge in [-0.15, -0.1) is 0 Å². The largest absolute Gasteiger partial charge is 0.330 e. The lowest BCUT2D eigenvalue weighted by atomic mass is 9.45. The SMILES string of the molecule is NCC1(CF)CC2(CCC2)C1. The molecule has 64 valence electrons. The summed E-state index contributed by atoms with van der Waals surface area (Å²) in [5, 5.41) is 0. The van der Waals surface area contributed by atoms with Gasteiger partial charge in [-0.2, -0.15) is 0 Å². The van der Waals surface area contributed by atoms with E-state index in [-0.39, 0.29) is 12.1 Å². The first-order valence-corrected chi connectivity index (χ1v) is 4.50. The van der Waals surface area contributed by atoms with Gasteiger partial charge in [0.15, 0.2) is 0 Å². The number of nitrogens with two attached hydrogens (primary N) is 1. The van der Waals surface area contributed by atoms with Gasteiger partial charge in [0.25, 0.3) is 0 Å². The van der Waals surface area contributed by atoms with Gasteiger partial charge >= 0.3 is 0 Å². The minimum Gasteiger partial charge on any atom is -0.330 e. The fourth-order valence-corrected chi connectivity index (χ4v) is 2.86. The third kappa shape index (κ3) is 0.919. The third-order valence-electron chi connectivity index (χ3n) is 3.63. The predicted molar refractivity (Wildman–Crippen MR) is 43.0 cm³/mol. The van der Waals surface area contributed by atoms with E-state index in [0.717, 1.165) is 12.8 Å². The lowest BCUT2D eigenvalue weighted by Gasteiger charge is -2.60. The topological polar surface area (TPSA) is 26.0 Å². The van der Waals surface area contributed by atoms with Gasteiger partial charge in [0.05, 0.1) is 6.67 Å². The van der Waals surface area contributed by atoms with E-state index in [4.69, 9.17) is 5.73 Å². The highest BCUT2D eigenvalue weighted by Crippen LogP contribution is 2.64. The summed E-state index contributed by atoms with van der Waals surface area (Å²) in [4.78, 5) is 0. The fourth-order valence-electron chi connectivity index (χ4n) is 2.86. The maximum absolute atomic E-state index is 12.5. The number of alkyl halides is 1. The molecule has 0 heterocycles. The smallest absolute Gasteiger partial charge is 0.0963 e. The quantitative estimate of drug-likeness (QED) is 0.650. The summed E-state index contributed by atoms with van der Waals surface area (Å²) >= 11 is 0. The van der Waals surface area contributed by atoms with Crippen molar-refractivity contribution in [2.75, 3.05) is 13.2 Å². The molecule has 0 unspecified atom stereocenters. The Morgan fingerprint density at radius 1 is 1.27 bits per heavy atom. The monoisotopic (exact) mass is 157 g/mol. The van der Waals surface area contributed by atoms with Crippen molar-refractivity contribution >= 4 is 0 Å². The van der Waals surface area contributed by atoms with Crippen LogP contribution in [0, 0.1) is 10.8 Å². The lowest BCUT2D eigenvalue weighted by Crippen LogP contribution is -2.54. The van der Waals surface area contributed by atoms with E-state index in [9.17, 15) is 4.39 Å². The van der Waals surface area contributed by atoms with Crippen molar-refractivity contribution in [1.29, 1.82) is 0 Å². The average Bonchev–Trinajstić information content (AvgIpc) is 1.85. The van der Waals surface area contributed by atoms with E-state index in [1.165, 1.54) is 19.3 Å². The molecule has 2 fully saturated rings. The van der Waals surface area contributed by atoms with E-state index < -0.39 is 0 Å². The van der Waals surface area contributed by atoms with Crippen LogP contribution in [-0.4, -0.2) is 13.2 Å². The highest BCUT2D eigenvalue weighted by atomic mass is 19.1. The van der Waals surface area contributed by atoms with E-state index in [1.54, 1.807) is 0 Å². The maximum Gasteiger partial charge on any atom is 0.0963 e. The molecule has 2 saturated carbocycles. The molecule has 1 spiro atoms. The predicted octanol–water partition coefficient (Wildman–Crippen LogP) is 1.87. The standard InChI is InChI=1S/C9H16FN/c10-6-9(7-11)4-8(5-9)2-1-3-8/h1-7,11H2. The minimum absolute atomic E-state index is 0.0968. The van der Waals surface area contributed by atoms with E-state index >= 15 is 0 Å². The summed E-state index contributed by atoms with van der Waals surface area (Å²) in [7, 11) is 0. The lowest BCUT2D eigenvalue weighted by molar-refractivity contribution is -0.101. The summed E-state index contributed by atoms with van der Waals surface area (Å²) in [6.07, 6.45) is 6.14. The van der Waals surface area contributed by atoms with Crippen molar-refractivity contribution in [3.8, 4) is 0 Å². The van der Waals surface area contributed by atoms with Gasteiger partial charge in [0.2, 0.25) is 0 Å². The fraction of sp³-hybridized carbons (Fsp3) is 1.00. The Balaban J connectivity index is 1.93. The summed E-state index contributed by atoms with van der Waals surface area (Å²) in [5.74, 6) is 0. The summed E-state index contributed by atoms with van der Waals surface area (Å²) < 4.78 is 12.5. The summed E-state index contributed by atoms with van der Waals surface area (Å²) in [6.45, 7) is 0.344. The van der Waals surface area contributed by atoms with Crippen LogP contribution in [0.2, 0.25) is 0 Å². The Morgan fingerprint density at radius 2 is 1.91 bits per heavy atom. The van der Waals surface area contributed by atoms with Crippen molar-refractivity contribution in [3.05, 3.63) is 0 Å². The molecule has 0 aromatic carbocycles. The normalized spacial score (nSPS) is 31.1.